The van der Waals surface area contributed by atoms with Crippen LogP contribution < -0.4 is 14.8 Å². The molecule has 3 aromatic rings. The van der Waals surface area contributed by atoms with E-state index >= 15 is 0 Å². The number of amides is 2. The van der Waals surface area contributed by atoms with Crippen LogP contribution in [0.4, 0.5) is 0 Å². The maximum Gasteiger partial charge on any atom is 0.243 e. The summed E-state index contributed by atoms with van der Waals surface area (Å²) in [7, 11) is 3.10. The number of nitrogens with one attached hydrogen (secondary N) is 1. The van der Waals surface area contributed by atoms with Crippen LogP contribution in [0.25, 0.3) is 0 Å². The van der Waals surface area contributed by atoms with Crippen LogP contribution in [0.5, 0.6) is 11.5 Å². The van der Waals surface area contributed by atoms with Crippen molar-refractivity contribution < 1.29 is 24.2 Å². The Morgan fingerprint density at radius 3 is 2.24 bits per heavy atom. The third-order valence-electron chi connectivity index (χ3n) is 5.97. The molecule has 3 aromatic carbocycles. The molecule has 1 unspecified atom stereocenters. The zero-order valence-corrected chi connectivity index (χ0v) is 21.9. The highest BCUT2D eigenvalue weighted by molar-refractivity contribution is 6.30. The normalized spacial score (nSPS) is 11.5. The second-order valence-electron chi connectivity index (χ2n) is 8.59. The van der Waals surface area contributed by atoms with Crippen molar-refractivity contribution >= 4 is 23.4 Å². The Balaban J connectivity index is 1.95. The Bertz CT molecular complexity index is 1150. The van der Waals surface area contributed by atoms with Gasteiger partial charge in [-0.25, -0.2) is 0 Å². The lowest BCUT2D eigenvalue weighted by Crippen LogP contribution is -2.51. The Morgan fingerprint density at radius 1 is 0.919 bits per heavy atom. The van der Waals surface area contributed by atoms with Crippen LogP contribution >= 0.6 is 11.6 Å². The fourth-order valence-corrected chi connectivity index (χ4v) is 4.14. The molecule has 2 N–H and O–H groups in total. The first kappa shape index (κ1) is 28.0. The SMILES string of the molecule is COc1ccc(CC(=O)N(Cc2ccc(Cl)cc2)C(Cc2ccccc2)C(=O)NCCCO)cc1OC. The number of halogens is 1. The minimum absolute atomic E-state index is 0.0314. The molecule has 0 fully saturated rings. The van der Waals surface area contributed by atoms with Gasteiger partial charge in [-0.1, -0.05) is 60.1 Å². The summed E-state index contributed by atoms with van der Waals surface area (Å²) in [6, 6.07) is 21.4. The molecule has 0 spiro atoms. The number of aliphatic hydroxyl groups excluding tert-OH is 1. The zero-order chi connectivity index (χ0) is 26.6. The minimum Gasteiger partial charge on any atom is -0.493 e. The van der Waals surface area contributed by atoms with Gasteiger partial charge in [-0.05, 0) is 47.4 Å². The van der Waals surface area contributed by atoms with Gasteiger partial charge in [0.1, 0.15) is 6.04 Å². The average Bonchev–Trinajstić information content (AvgIpc) is 2.92. The van der Waals surface area contributed by atoms with Crippen LogP contribution in [-0.4, -0.2) is 55.2 Å². The molecule has 2 amide bonds. The van der Waals surface area contributed by atoms with Crippen LogP contribution in [0.15, 0.2) is 72.8 Å². The van der Waals surface area contributed by atoms with E-state index in [4.69, 9.17) is 26.2 Å². The highest BCUT2D eigenvalue weighted by Crippen LogP contribution is 2.28. The van der Waals surface area contributed by atoms with E-state index in [0.29, 0.717) is 35.9 Å². The van der Waals surface area contributed by atoms with Crippen LogP contribution in [0.1, 0.15) is 23.1 Å². The molecule has 0 saturated heterocycles. The van der Waals surface area contributed by atoms with E-state index in [1.807, 2.05) is 48.5 Å². The second-order valence-corrected chi connectivity index (χ2v) is 9.02. The second kappa shape index (κ2) is 14.3. The van der Waals surface area contributed by atoms with Gasteiger partial charge in [-0.3, -0.25) is 9.59 Å². The molecular formula is C29H33ClN2O5. The fourth-order valence-electron chi connectivity index (χ4n) is 4.02. The van der Waals surface area contributed by atoms with Crippen molar-refractivity contribution in [3.8, 4) is 11.5 Å². The number of carbonyl (C=O) groups excluding carboxylic acids is 2. The molecule has 0 aliphatic carbocycles. The van der Waals surface area contributed by atoms with Crippen molar-refractivity contribution in [1.29, 1.82) is 0 Å². The first-order valence-electron chi connectivity index (χ1n) is 12.1. The number of carbonyl (C=O) groups is 2. The number of rotatable bonds is 13. The van der Waals surface area contributed by atoms with E-state index in [1.54, 1.807) is 43.4 Å². The molecule has 7 nitrogen and oxygen atoms in total. The van der Waals surface area contributed by atoms with Crippen LogP contribution in [0, 0.1) is 0 Å². The quantitative estimate of drug-likeness (QED) is 0.329. The number of nitrogens with zero attached hydrogens (tertiary/aromatic N) is 1. The molecule has 0 aliphatic heterocycles. The summed E-state index contributed by atoms with van der Waals surface area (Å²) in [5.41, 5.74) is 2.53. The smallest absolute Gasteiger partial charge is 0.243 e. The molecule has 0 bridgehead atoms. The summed E-state index contributed by atoms with van der Waals surface area (Å²) in [6.45, 7) is 0.518. The van der Waals surface area contributed by atoms with Crippen molar-refractivity contribution in [2.75, 3.05) is 27.4 Å². The van der Waals surface area contributed by atoms with E-state index in [9.17, 15) is 9.59 Å². The van der Waals surface area contributed by atoms with E-state index in [-0.39, 0.29) is 31.4 Å². The lowest BCUT2D eigenvalue weighted by atomic mass is 10.0. The van der Waals surface area contributed by atoms with Crippen LogP contribution in [-0.2, 0) is 29.0 Å². The molecule has 0 saturated carbocycles. The first-order chi connectivity index (χ1) is 17.9. The highest BCUT2D eigenvalue weighted by Gasteiger charge is 2.30. The van der Waals surface area contributed by atoms with E-state index in [0.717, 1.165) is 16.7 Å². The van der Waals surface area contributed by atoms with Gasteiger partial charge < -0.3 is 24.8 Å². The monoisotopic (exact) mass is 524 g/mol. The maximum atomic E-state index is 13.8. The Hall–Kier alpha value is -3.55. The average molecular weight is 525 g/mol. The Labute approximate surface area is 223 Å². The van der Waals surface area contributed by atoms with Gasteiger partial charge in [0.25, 0.3) is 0 Å². The summed E-state index contributed by atoms with van der Waals surface area (Å²) in [4.78, 5) is 28.8. The van der Waals surface area contributed by atoms with Crippen molar-refractivity contribution in [2.45, 2.75) is 31.8 Å². The molecular weight excluding hydrogens is 492 g/mol. The van der Waals surface area contributed by atoms with Crippen molar-refractivity contribution in [1.82, 2.24) is 10.2 Å². The number of methoxy groups -OCH3 is 2. The maximum absolute atomic E-state index is 13.8. The lowest BCUT2D eigenvalue weighted by Gasteiger charge is -2.32. The summed E-state index contributed by atoms with van der Waals surface area (Å²) in [6.07, 6.45) is 0.848. The van der Waals surface area contributed by atoms with Crippen molar-refractivity contribution in [2.24, 2.45) is 0 Å². The molecule has 8 heteroatoms. The summed E-state index contributed by atoms with van der Waals surface area (Å²) >= 11 is 6.08. The summed E-state index contributed by atoms with van der Waals surface area (Å²) < 4.78 is 10.7. The van der Waals surface area contributed by atoms with Gasteiger partial charge in [-0.15, -0.1) is 0 Å². The largest absolute Gasteiger partial charge is 0.493 e. The van der Waals surface area contributed by atoms with Gasteiger partial charge in [0.05, 0.1) is 20.6 Å². The molecule has 37 heavy (non-hydrogen) atoms. The van der Waals surface area contributed by atoms with E-state index in [1.165, 1.54) is 0 Å². The van der Waals surface area contributed by atoms with Crippen LogP contribution in [0.3, 0.4) is 0 Å². The Morgan fingerprint density at radius 2 is 1.59 bits per heavy atom. The van der Waals surface area contributed by atoms with Gasteiger partial charge in [0, 0.05) is 31.1 Å². The molecule has 196 valence electrons. The highest BCUT2D eigenvalue weighted by atomic mass is 35.5. The van der Waals surface area contributed by atoms with Gasteiger partial charge in [0.15, 0.2) is 11.5 Å². The molecule has 0 aromatic heterocycles. The van der Waals surface area contributed by atoms with Crippen LogP contribution in [0.2, 0.25) is 5.02 Å². The molecule has 0 heterocycles. The van der Waals surface area contributed by atoms with Crippen molar-refractivity contribution in [3.63, 3.8) is 0 Å². The first-order valence-corrected chi connectivity index (χ1v) is 12.5. The van der Waals surface area contributed by atoms with Crippen molar-refractivity contribution in [3.05, 3.63) is 94.5 Å². The lowest BCUT2D eigenvalue weighted by molar-refractivity contribution is -0.140. The third-order valence-corrected chi connectivity index (χ3v) is 6.23. The fraction of sp³-hybridized carbons (Fsp3) is 0.310. The molecule has 3 rings (SSSR count). The number of hydrogen-bond donors (Lipinski definition) is 2. The zero-order valence-electron chi connectivity index (χ0n) is 21.2. The number of ether oxygens (including phenoxy) is 2. The molecule has 0 aliphatic rings. The number of aliphatic hydroxyl groups is 1. The third kappa shape index (κ3) is 8.23. The summed E-state index contributed by atoms with van der Waals surface area (Å²) in [5.74, 6) is 0.619. The Kier molecular flexibility index (Phi) is 10.8. The molecule has 1 atom stereocenters. The predicted octanol–water partition coefficient (Wildman–Crippen LogP) is 4.04. The van der Waals surface area contributed by atoms with E-state index in [2.05, 4.69) is 5.32 Å². The standard InChI is InChI=1S/C29H33ClN2O5/c1-36-26-14-11-23(18-27(26)37-2)19-28(34)32(20-22-9-12-24(30)13-10-22)25(29(35)31-15-6-16-33)17-21-7-4-3-5-8-21/h3-5,7-14,18,25,33H,6,15-17,19-20H2,1-2H3,(H,31,35). The van der Waals surface area contributed by atoms with Gasteiger partial charge in [-0.2, -0.15) is 0 Å². The van der Waals surface area contributed by atoms with E-state index < -0.39 is 6.04 Å². The summed E-state index contributed by atoms with van der Waals surface area (Å²) in [5, 5.41) is 12.6. The number of benzene rings is 3. The minimum atomic E-state index is -0.760. The predicted molar refractivity (Wildman–Crippen MR) is 144 cm³/mol. The molecule has 0 radical (unpaired) electrons. The number of hydrogen-bond acceptors (Lipinski definition) is 5. The van der Waals surface area contributed by atoms with Gasteiger partial charge in [0.2, 0.25) is 11.8 Å². The topological polar surface area (TPSA) is 88.1 Å². The van der Waals surface area contributed by atoms with Gasteiger partial charge >= 0.3 is 0 Å².